The van der Waals surface area contributed by atoms with Crippen LogP contribution in [0.3, 0.4) is 0 Å². The quantitative estimate of drug-likeness (QED) is 0.750. The molecule has 0 heterocycles. The van der Waals surface area contributed by atoms with E-state index < -0.39 is 11.8 Å². The Morgan fingerprint density at radius 2 is 2.00 bits per heavy atom. The molecule has 0 aliphatic carbocycles. The Labute approximate surface area is 102 Å². The molecular weight excluding hydrogens is 219 g/mol. The second-order valence-corrected chi connectivity index (χ2v) is 5.38. The highest BCUT2D eigenvalue weighted by Gasteiger charge is 2.16. The molecule has 0 aliphatic rings. The van der Waals surface area contributed by atoms with Crippen molar-refractivity contribution in [2.24, 2.45) is 5.41 Å². The molecule has 0 aromatic heterocycles. The normalized spacial score (nSPS) is 11.4. The zero-order chi connectivity index (χ0) is 13.1. The van der Waals surface area contributed by atoms with Crippen LogP contribution in [0.25, 0.3) is 0 Å². The fourth-order valence-electron chi connectivity index (χ4n) is 1.33. The van der Waals surface area contributed by atoms with Crippen LogP contribution < -0.4 is 0 Å². The van der Waals surface area contributed by atoms with Crippen molar-refractivity contribution in [3.63, 3.8) is 0 Å². The first-order valence-electron chi connectivity index (χ1n) is 5.73. The molecule has 2 nitrogen and oxygen atoms in total. The Bertz CT molecular complexity index is 405. The number of benzene rings is 1. The minimum absolute atomic E-state index is 0.0129. The van der Waals surface area contributed by atoms with Crippen LogP contribution in [0.4, 0.5) is 4.39 Å². The highest BCUT2D eigenvalue weighted by molar-refractivity contribution is 5.89. The zero-order valence-electron chi connectivity index (χ0n) is 10.8. The van der Waals surface area contributed by atoms with E-state index in [1.54, 1.807) is 19.1 Å². The van der Waals surface area contributed by atoms with Crippen LogP contribution in [0.5, 0.6) is 0 Å². The Morgan fingerprint density at radius 3 is 2.59 bits per heavy atom. The van der Waals surface area contributed by atoms with E-state index in [-0.39, 0.29) is 11.0 Å². The van der Waals surface area contributed by atoms with Crippen LogP contribution in [-0.4, -0.2) is 12.6 Å². The molecule has 0 spiro atoms. The minimum atomic E-state index is -0.588. The van der Waals surface area contributed by atoms with Crippen LogP contribution in [0.1, 0.15) is 43.1 Å². The monoisotopic (exact) mass is 238 g/mol. The number of carbonyl (C=O) groups excluding carboxylic acids is 1. The summed E-state index contributed by atoms with van der Waals surface area (Å²) in [5, 5.41) is 0. The number of rotatable bonds is 3. The van der Waals surface area contributed by atoms with Gasteiger partial charge in [-0.2, -0.15) is 0 Å². The van der Waals surface area contributed by atoms with Gasteiger partial charge in [-0.05, 0) is 30.4 Å². The van der Waals surface area contributed by atoms with Gasteiger partial charge in [0.15, 0.2) is 0 Å². The number of hydrogen-bond acceptors (Lipinski definition) is 2. The minimum Gasteiger partial charge on any atom is -0.462 e. The molecule has 1 aromatic carbocycles. The summed E-state index contributed by atoms with van der Waals surface area (Å²) >= 11 is 0. The highest BCUT2D eigenvalue weighted by Crippen LogP contribution is 2.19. The third-order valence-electron chi connectivity index (χ3n) is 2.50. The molecular formula is C14H19FO2. The maximum Gasteiger partial charge on any atom is 0.341 e. The van der Waals surface area contributed by atoms with Crippen LogP contribution in [0.15, 0.2) is 18.2 Å². The molecule has 0 aliphatic heterocycles. The van der Waals surface area contributed by atoms with Gasteiger partial charge >= 0.3 is 5.97 Å². The van der Waals surface area contributed by atoms with E-state index >= 15 is 0 Å². The molecule has 3 heteroatoms. The lowest BCUT2D eigenvalue weighted by Gasteiger charge is -2.17. The van der Waals surface area contributed by atoms with Gasteiger partial charge in [0.2, 0.25) is 0 Å². The van der Waals surface area contributed by atoms with E-state index in [1.807, 2.05) is 0 Å². The summed E-state index contributed by atoms with van der Waals surface area (Å²) in [5.41, 5.74) is 0.569. The van der Waals surface area contributed by atoms with E-state index in [0.717, 1.165) is 6.42 Å². The van der Waals surface area contributed by atoms with Crippen molar-refractivity contribution in [1.82, 2.24) is 0 Å². The molecule has 0 N–H and O–H groups in total. The SMILES string of the molecule is Cc1cccc(C(=O)OCCC(C)(C)C)c1F. The number of ether oxygens (including phenoxy) is 1. The van der Waals surface area contributed by atoms with Crippen LogP contribution in [0, 0.1) is 18.2 Å². The van der Waals surface area contributed by atoms with Crippen molar-refractivity contribution in [2.45, 2.75) is 34.1 Å². The van der Waals surface area contributed by atoms with Gasteiger partial charge in [-0.3, -0.25) is 0 Å². The topological polar surface area (TPSA) is 26.3 Å². The van der Waals surface area contributed by atoms with Crippen molar-refractivity contribution in [3.8, 4) is 0 Å². The predicted octanol–water partition coefficient (Wildman–Crippen LogP) is 3.73. The molecule has 17 heavy (non-hydrogen) atoms. The number of carbonyl (C=O) groups is 1. The molecule has 1 rings (SSSR count). The number of esters is 1. The second-order valence-electron chi connectivity index (χ2n) is 5.38. The third kappa shape index (κ3) is 4.17. The van der Waals surface area contributed by atoms with Crippen LogP contribution >= 0.6 is 0 Å². The first-order chi connectivity index (χ1) is 7.81. The van der Waals surface area contributed by atoms with Crippen LogP contribution in [0.2, 0.25) is 0 Å². The molecule has 0 unspecified atom stereocenters. The third-order valence-corrected chi connectivity index (χ3v) is 2.50. The van der Waals surface area contributed by atoms with Gasteiger partial charge in [0.1, 0.15) is 5.82 Å². The van der Waals surface area contributed by atoms with Crippen molar-refractivity contribution >= 4 is 5.97 Å². The smallest absolute Gasteiger partial charge is 0.341 e. The Morgan fingerprint density at radius 1 is 1.35 bits per heavy atom. The molecule has 0 bridgehead atoms. The predicted molar refractivity (Wildman–Crippen MR) is 65.5 cm³/mol. The summed E-state index contributed by atoms with van der Waals surface area (Å²) in [7, 11) is 0. The maximum absolute atomic E-state index is 13.6. The fraction of sp³-hybridized carbons (Fsp3) is 0.500. The standard InChI is InChI=1S/C14H19FO2/c1-10-6-5-7-11(12(10)15)13(16)17-9-8-14(2,3)4/h5-7H,8-9H2,1-4H3. The lowest BCUT2D eigenvalue weighted by molar-refractivity contribution is 0.0459. The summed E-state index contributed by atoms with van der Waals surface area (Å²) in [4.78, 5) is 11.6. The summed E-state index contributed by atoms with van der Waals surface area (Å²) in [5.74, 6) is -1.08. The van der Waals surface area contributed by atoms with Gasteiger partial charge in [0, 0.05) is 0 Å². The lowest BCUT2D eigenvalue weighted by Crippen LogP contribution is -2.14. The van der Waals surface area contributed by atoms with E-state index in [1.165, 1.54) is 6.07 Å². The molecule has 0 amide bonds. The summed E-state index contributed by atoms with van der Waals surface area (Å²) in [6.45, 7) is 8.13. The summed E-state index contributed by atoms with van der Waals surface area (Å²) in [6, 6.07) is 4.72. The van der Waals surface area contributed by atoms with Gasteiger partial charge in [-0.25, -0.2) is 9.18 Å². The van der Waals surface area contributed by atoms with E-state index in [0.29, 0.717) is 12.2 Å². The van der Waals surface area contributed by atoms with E-state index in [2.05, 4.69) is 20.8 Å². The maximum atomic E-state index is 13.6. The Hall–Kier alpha value is -1.38. The van der Waals surface area contributed by atoms with Crippen molar-refractivity contribution in [1.29, 1.82) is 0 Å². The summed E-state index contributed by atoms with van der Waals surface area (Å²) < 4.78 is 18.7. The van der Waals surface area contributed by atoms with E-state index in [9.17, 15) is 9.18 Å². The van der Waals surface area contributed by atoms with Gasteiger partial charge in [0.25, 0.3) is 0 Å². The lowest BCUT2D eigenvalue weighted by atomic mass is 9.93. The number of halogens is 1. The highest BCUT2D eigenvalue weighted by atomic mass is 19.1. The molecule has 0 saturated heterocycles. The van der Waals surface area contributed by atoms with Crippen molar-refractivity contribution < 1.29 is 13.9 Å². The second kappa shape index (κ2) is 5.30. The van der Waals surface area contributed by atoms with Gasteiger partial charge < -0.3 is 4.74 Å². The van der Waals surface area contributed by atoms with Gasteiger partial charge in [-0.1, -0.05) is 32.9 Å². The Kier molecular flexibility index (Phi) is 4.27. The molecule has 0 fully saturated rings. The van der Waals surface area contributed by atoms with Gasteiger partial charge in [0.05, 0.1) is 12.2 Å². The molecule has 94 valence electrons. The molecule has 0 saturated carbocycles. The molecule has 0 atom stereocenters. The van der Waals surface area contributed by atoms with Crippen molar-refractivity contribution in [2.75, 3.05) is 6.61 Å². The average molecular weight is 238 g/mol. The summed E-state index contributed by atoms with van der Waals surface area (Å²) in [6.07, 6.45) is 0.756. The Balaban J connectivity index is 2.62. The molecule has 1 aromatic rings. The number of hydrogen-bond donors (Lipinski definition) is 0. The largest absolute Gasteiger partial charge is 0.462 e. The van der Waals surface area contributed by atoms with Gasteiger partial charge in [-0.15, -0.1) is 0 Å². The fourth-order valence-corrected chi connectivity index (χ4v) is 1.33. The van der Waals surface area contributed by atoms with Crippen molar-refractivity contribution in [3.05, 3.63) is 35.1 Å². The first kappa shape index (κ1) is 13.7. The first-order valence-corrected chi connectivity index (χ1v) is 5.73. The van der Waals surface area contributed by atoms with E-state index in [4.69, 9.17) is 4.74 Å². The number of aryl methyl sites for hydroxylation is 1. The average Bonchev–Trinajstić information content (AvgIpc) is 2.20. The van der Waals surface area contributed by atoms with Crippen LogP contribution in [-0.2, 0) is 4.74 Å². The zero-order valence-corrected chi connectivity index (χ0v) is 10.8. The molecule has 0 radical (unpaired) electrons.